The van der Waals surface area contributed by atoms with Gasteiger partial charge in [0.15, 0.2) is 0 Å². The molecule has 4 aliphatic carbocycles. The Kier molecular flexibility index (Phi) is 3.55. The van der Waals surface area contributed by atoms with E-state index in [1.54, 1.807) is 11.3 Å². The number of thiazole rings is 1. The SMILES string of the molecule is Cc1nc(C)c(CCNC(=O)C23CC4CC(CC(C4)C2)C3)s1. The van der Waals surface area contributed by atoms with Crippen molar-refractivity contribution in [3.8, 4) is 0 Å². The monoisotopic (exact) mass is 318 g/mol. The lowest BCUT2D eigenvalue weighted by molar-refractivity contribution is -0.146. The number of aromatic nitrogens is 1. The standard InChI is InChI=1S/C18H26N2OS/c1-11-16(22-12(2)20-11)3-4-19-17(21)18-8-13-5-14(9-18)7-15(6-13)10-18/h13-15H,3-10H2,1-2H3,(H,19,21). The highest BCUT2D eigenvalue weighted by atomic mass is 32.1. The van der Waals surface area contributed by atoms with Gasteiger partial charge in [-0.3, -0.25) is 4.79 Å². The second-order valence-electron chi connectivity index (χ2n) is 7.95. The molecule has 0 saturated heterocycles. The molecule has 4 bridgehead atoms. The van der Waals surface area contributed by atoms with Crippen LogP contribution in [0.15, 0.2) is 0 Å². The Morgan fingerprint density at radius 1 is 1.18 bits per heavy atom. The highest BCUT2D eigenvalue weighted by molar-refractivity contribution is 7.11. The third kappa shape index (κ3) is 2.49. The lowest BCUT2D eigenvalue weighted by Gasteiger charge is -2.55. The van der Waals surface area contributed by atoms with E-state index in [2.05, 4.69) is 24.1 Å². The zero-order valence-corrected chi connectivity index (χ0v) is 14.5. The van der Waals surface area contributed by atoms with E-state index < -0.39 is 0 Å². The molecule has 0 unspecified atom stereocenters. The van der Waals surface area contributed by atoms with Crippen molar-refractivity contribution < 1.29 is 4.79 Å². The van der Waals surface area contributed by atoms with E-state index in [1.807, 2.05) is 0 Å². The van der Waals surface area contributed by atoms with Gasteiger partial charge in [0.2, 0.25) is 5.91 Å². The van der Waals surface area contributed by atoms with Gasteiger partial charge in [-0.25, -0.2) is 4.98 Å². The fraction of sp³-hybridized carbons (Fsp3) is 0.778. The number of nitrogens with zero attached hydrogens (tertiary/aromatic N) is 1. The molecule has 4 fully saturated rings. The summed E-state index contributed by atoms with van der Waals surface area (Å²) in [6.45, 7) is 4.89. The minimum absolute atomic E-state index is 0.00654. The third-order valence-corrected chi connectivity index (χ3v) is 7.29. The number of rotatable bonds is 4. The zero-order valence-electron chi connectivity index (χ0n) is 13.7. The molecule has 4 heteroatoms. The summed E-state index contributed by atoms with van der Waals surface area (Å²) in [5.41, 5.74) is 1.12. The first kappa shape index (κ1) is 14.7. The number of amides is 1. The van der Waals surface area contributed by atoms with Gasteiger partial charge < -0.3 is 5.32 Å². The summed E-state index contributed by atoms with van der Waals surface area (Å²) in [5.74, 6) is 2.86. The van der Waals surface area contributed by atoms with Gasteiger partial charge in [0, 0.05) is 23.3 Å². The number of carbonyl (C=O) groups excluding carboxylic acids is 1. The van der Waals surface area contributed by atoms with Gasteiger partial charge in [-0.1, -0.05) is 0 Å². The summed E-state index contributed by atoms with van der Waals surface area (Å²) < 4.78 is 0. The Hall–Kier alpha value is -0.900. The first-order chi connectivity index (χ1) is 10.5. The number of nitrogens with one attached hydrogen (secondary N) is 1. The molecular weight excluding hydrogens is 292 g/mol. The molecule has 4 saturated carbocycles. The summed E-state index contributed by atoms with van der Waals surface area (Å²) in [6, 6.07) is 0. The van der Waals surface area contributed by atoms with Crippen LogP contribution in [-0.4, -0.2) is 17.4 Å². The maximum Gasteiger partial charge on any atom is 0.226 e. The van der Waals surface area contributed by atoms with Gasteiger partial charge in [0.05, 0.1) is 10.7 Å². The van der Waals surface area contributed by atoms with Gasteiger partial charge in [-0.15, -0.1) is 11.3 Å². The molecule has 3 nitrogen and oxygen atoms in total. The number of carbonyl (C=O) groups is 1. The first-order valence-electron chi connectivity index (χ1n) is 8.75. The van der Waals surface area contributed by atoms with E-state index in [0.29, 0.717) is 5.91 Å². The average molecular weight is 318 g/mol. The molecule has 0 radical (unpaired) electrons. The summed E-state index contributed by atoms with van der Waals surface area (Å²) in [7, 11) is 0. The lowest BCUT2D eigenvalue weighted by atomic mass is 9.49. The number of aryl methyl sites for hydroxylation is 2. The minimum Gasteiger partial charge on any atom is -0.355 e. The second kappa shape index (κ2) is 5.33. The molecule has 5 rings (SSSR count). The van der Waals surface area contributed by atoms with Crippen molar-refractivity contribution >= 4 is 17.2 Å². The van der Waals surface area contributed by atoms with Crippen molar-refractivity contribution in [2.24, 2.45) is 23.2 Å². The maximum atomic E-state index is 12.9. The van der Waals surface area contributed by atoms with Gasteiger partial charge in [-0.2, -0.15) is 0 Å². The predicted molar refractivity (Wildman–Crippen MR) is 88.9 cm³/mol. The summed E-state index contributed by atoms with van der Waals surface area (Å²) in [5, 5.41) is 4.39. The molecular formula is C18H26N2OS. The summed E-state index contributed by atoms with van der Waals surface area (Å²) in [6.07, 6.45) is 8.58. The molecule has 22 heavy (non-hydrogen) atoms. The van der Waals surface area contributed by atoms with Crippen molar-refractivity contribution in [3.05, 3.63) is 15.6 Å². The van der Waals surface area contributed by atoms with Crippen LogP contribution in [0.25, 0.3) is 0 Å². The molecule has 1 heterocycles. The highest BCUT2D eigenvalue weighted by Gasteiger charge is 2.54. The maximum absolute atomic E-state index is 12.9. The molecule has 1 aromatic heterocycles. The van der Waals surface area contributed by atoms with Crippen LogP contribution in [-0.2, 0) is 11.2 Å². The van der Waals surface area contributed by atoms with Crippen LogP contribution < -0.4 is 5.32 Å². The van der Waals surface area contributed by atoms with Crippen LogP contribution in [0.5, 0.6) is 0 Å². The molecule has 0 spiro atoms. The van der Waals surface area contributed by atoms with Crippen molar-refractivity contribution in [2.45, 2.75) is 58.8 Å². The Labute approximate surface area is 136 Å². The van der Waals surface area contributed by atoms with Crippen LogP contribution in [0.3, 0.4) is 0 Å². The van der Waals surface area contributed by atoms with Crippen LogP contribution in [0, 0.1) is 37.0 Å². The van der Waals surface area contributed by atoms with Crippen LogP contribution in [0.1, 0.15) is 54.1 Å². The van der Waals surface area contributed by atoms with Gasteiger partial charge in [0.1, 0.15) is 0 Å². The molecule has 0 aliphatic heterocycles. The number of hydrogen-bond acceptors (Lipinski definition) is 3. The van der Waals surface area contributed by atoms with Gasteiger partial charge >= 0.3 is 0 Å². The van der Waals surface area contributed by atoms with Crippen LogP contribution in [0.2, 0.25) is 0 Å². The number of hydrogen-bond donors (Lipinski definition) is 1. The minimum atomic E-state index is -0.00654. The van der Waals surface area contributed by atoms with Crippen molar-refractivity contribution in [3.63, 3.8) is 0 Å². The fourth-order valence-electron chi connectivity index (χ4n) is 5.67. The van der Waals surface area contributed by atoms with Crippen molar-refractivity contribution in [1.29, 1.82) is 0 Å². The Bertz CT molecular complexity index is 557. The molecule has 4 aliphatic rings. The average Bonchev–Trinajstić information content (AvgIpc) is 2.75. The topological polar surface area (TPSA) is 42.0 Å². The third-order valence-electron chi connectivity index (χ3n) is 6.16. The Morgan fingerprint density at radius 3 is 2.27 bits per heavy atom. The van der Waals surface area contributed by atoms with E-state index in [9.17, 15) is 4.79 Å². The molecule has 1 aromatic rings. The van der Waals surface area contributed by atoms with Gasteiger partial charge in [0.25, 0.3) is 0 Å². The molecule has 1 N–H and O–H groups in total. The molecule has 0 aromatic carbocycles. The smallest absolute Gasteiger partial charge is 0.226 e. The first-order valence-corrected chi connectivity index (χ1v) is 9.57. The predicted octanol–water partition coefficient (Wildman–Crippen LogP) is 3.64. The molecule has 120 valence electrons. The quantitative estimate of drug-likeness (QED) is 0.921. The van der Waals surface area contributed by atoms with E-state index >= 15 is 0 Å². The Balaban J connectivity index is 1.37. The van der Waals surface area contributed by atoms with E-state index in [-0.39, 0.29) is 5.41 Å². The normalized spacial score (nSPS) is 35.8. The second-order valence-corrected chi connectivity index (χ2v) is 9.23. The van der Waals surface area contributed by atoms with Crippen LogP contribution >= 0.6 is 11.3 Å². The fourth-order valence-corrected chi connectivity index (χ4v) is 6.61. The van der Waals surface area contributed by atoms with E-state index in [0.717, 1.165) is 60.7 Å². The van der Waals surface area contributed by atoms with Crippen molar-refractivity contribution in [2.75, 3.05) is 6.54 Å². The summed E-state index contributed by atoms with van der Waals surface area (Å²) in [4.78, 5) is 18.6. The zero-order chi connectivity index (χ0) is 15.3. The van der Waals surface area contributed by atoms with Crippen LogP contribution in [0.4, 0.5) is 0 Å². The Morgan fingerprint density at radius 2 is 1.77 bits per heavy atom. The van der Waals surface area contributed by atoms with Crippen molar-refractivity contribution in [1.82, 2.24) is 10.3 Å². The molecule has 0 atom stereocenters. The van der Waals surface area contributed by atoms with E-state index in [4.69, 9.17) is 0 Å². The van der Waals surface area contributed by atoms with E-state index in [1.165, 1.54) is 24.1 Å². The van der Waals surface area contributed by atoms with Gasteiger partial charge in [-0.05, 0) is 70.1 Å². The largest absolute Gasteiger partial charge is 0.355 e. The molecule has 1 amide bonds. The highest BCUT2D eigenvalue weighted by Crippen LogP contribution is 2.60. The lowest BCUT2D eigenvalue weighted by Crippen LogP contribution is -2.53. The summed E-state index contributed by atoms with van der Waals surface area (Å²) >= 11 is 1.76.